The molecule has 0 bridgehead atoms. The lowest BCUT2D eigenvalue weighted by Gasteiger charge is -2.25. The van der Waals surface area contributed by atoms with Crippen LogP contribution in [0.1, 0.15) is 17.3 Å². The van der Waals surface area contributed by atoms with E-state index in [4.69, 9.17) is 11.6 Å². The highest BCUT2D eigenvalue weighted by molar-refractivity contribution is 7.92. The van der Waals surface area contributed by atoms with Gasteiger partial charge in [-0.25, -0.2) is 13.2 Å². The van der Waals surface area contributed by atoms with Crippen LogP contribution >= 0.6 is 11.6 Å². The van der Waals surface area contributed by atoms with Crippen LogP contribution in [0.5, 0.6) is 0 Å². The highest BCUT2D eigenvalue weighted by Gasteiger charge is 2.55. The van der Waals surface area contributed by atoms with Gasteiger partial charge in [0.2, 0.25) is 5.60 Å². The lowest BCUT2D eigenvalue weighted by atomic mass is 10.1. The molecule has 2 rings (SSSR count). The Hall–Kier alpha value is -2.83. The molecule has 0 spiro atoms. The lowest BCUT2D eigenvalue weighted by Crippen LogP contribution is -2.52. The molecule has 2 aromatic rings. The Bertz CT molecular complexity index is 1100. The number of anilines is 2. The van der Waals surface area contributed by atoms with Gasteiger partial charge in [0.25, 0.3) is 15.9 Å². The van der Waals surface area contributed by atoms with Gasteiger partial charge in [0.1, 0.15) is 0 Å². The zero-order valence-corrected chi connectivity index (χ0v) is 17.5. The number of alkyl halides is 3. The van der Waals surface area contributed by atoms with E-state index in [9.17, 15) is 36.3 Å². The van der Waals surface area contributed by atoms with Gasteiger partial charge in [0, 0.05) is 5.69 Å². The molecule has 0 aromatic heterocycles. The number of hydrogen-bond acceptors (Lipinski definition) is 6. The number of carbonyl (C=O) groups is 2. The fourth-order valence-corrected chi connectivity index (χ4v) is 3.52. The van der Waals surface area contributed by atoms with Crippen LogP contribution in [-0.4, -0.2) is 44.3 Å². The number of halogens is 4. The van der Waals surface area contributed by atoms with Crippen LogP contribution in [0.15, 0.2) is 47.4 Å². The number of rotatable bonds is 6. The first-order chi connectivity index (χ1) is 14.2. The van der Waals surface area contributed by atoms with Crippen molar-refractivity contribution in [3.63, 3.8) is 0 Å². The second-order valence-corrected chi connectivity index (χ2v) is 8.43. The highest BCUT2D eigenvalue weighted by Crippen LogP contribution is 2.33. The van der Waals surface area contributed by atoms with Crippen molar-refractivity contribution in [2.45, 2.75) is 23.6 Å². The van der Waals surface area contributed by atoms with Gasteiger partial charge in [0.15, 0.2) is 0 Å². The third-order valence-corrected chi connectivity index (χ3v) is 5.74. The highest BCUT2D eigenvalue weighted by atomic mass is 35.5. The average molecular weight is 481 g/mol. The third kappa shape index (κ3) is 5.46. The summed E-state index contributed by atoms with van der Waals surface area (Å²) in [5.74, 6) is -2.40. The number of carbonyl (C=O) groups excluding carboxylic acids is 2. The Balaban J connectivity index is 2.21. The van der Waals surface area contributed by atoms with Crippen LogP contribution in [0.25, 0.3) is 0 Å². The minimum Gasteiger partial charge on any atom is -0.465 e. The van der Waals surface area contributed by atoms with E-state index >= 15 is 0 Å². The molecule has 1 amide bonds. The maximum absolute atomic E-state index is 12.7. The third-order valence-electron chi connectivity index (χ3n) is 4.05. The first kappa shape index (κ1) is 24.4. The zero-order valence-electron chi connectivity index (χ0n) is 16.0. The quantitative estimate of drug-likeness (QED) is 0.546. The molecular weight excluding hydrogens is 465 g/mol. The molecule has 0 aliphatic heterocycles. The Kier molecular flexibility index (Phi) is 6.88. The van der Waals surface area contributed by atoms with E-state index in [1.54, 1.807) is 0 Å². The predicted octanol–water partition coefficient (Wildman–Crippen LogP) is 3.18. The summed E-state index contributed by atoms with van der Waals surface area (Å²) < 4.78 is 70.0. The van der Waals surface area contributed by atoms with Gasteiger partial charge in [-0.1, -0.05) is 11.6 Å². The first-order valence-electron chi connectivity index (χ1n) is 8.30. The molecule has 8 nitrogen and oxygen atoms in total. The van der Waals surface area contributed by atoms with Crippen LogP contribution in [0.4, 0.5) is 24.5 Å². The molecule has 13 heteroatoms. The van der Waals surface area contributed by atoms with E-state index in [2.05, 4.69) is 9.46 Å². The van der Waals surface area contributed by atoms with E-state index in [1.165, 1.54) is 31.4 Å². The molecule has 0 aliphatic carbocycles. The van der Waals surface area contributed by atoms with Crippen molar-refractivity contribution in [1.82, 2.24) is 0 Å². The molecule has 1 atom stereocenters. The summed E-state index contributed by atoms with van der Waals surface area (Å²) in [5, 5.41) is 10.8. The smallest absolute Gasteiger partial charge is 0.426 e. The van der Waals surface area contributed by atoms with E-state index in [-0.39, 0.29) is 33.8 Å². The maximum atomic E-state index is 12.7. The number of amides is 1. The molecule has 168 valence electrons. The number of aliphatic hydroxyl groups is 1. The van der Waals surface area contributed by atoms with E-state index in [0.717, 1.165) is 18.2 Å². The molecule has 0 heterocycles. The van der Waals surface area contributed by atoms with E-state index in [0.29, 0.717) is 0 Å². The lowest BCUT2D eigenvalue weighted by molar-refractivity contribution is -0.242. The van der Waals surface area contributed by atoms with Crippen molar-refractivity contribution in [3.05, 3.63) is 53.1 Å². The fraction of sp³-hybridized carbons (Fsp3) is 0.222. The van der Waals surface area contributed by atoms with Gasteiger partial charge in [0.05, 0.1) is 28.3 Å². The summed E-state index contributed by atoms with van der Waals surface area (Å²) in [4.78, 5) is 22.8. The van der Waals surface area contributed by atoms with E-state index in [1.807, 2.05) is 5.32 Å². The SMILES string of the molecule is COC(=O)c1ccc(NS(=O)(=O)c2ccc(NC(=O)[C@@](C)(O)C(F)(F)F)c(Cl)c2)cc1. The molecule has 31 heavy (non-hydrogen) atoms. The van der Waals surface area contributed by atoms with Gasteiger partial charge >= 0.3 is 12.1 Å². The van der Waals surface area contributed by atoms with Crippen LogP contribution in [0.2, 0.25) is 5.02 Å². The molecular formula is C18H16ClF3N2O6S. The molecule has 2 aromatic carbocycles. The summed E-state index contributed by atoms with van der Waals surface area (Å²) in [7, 11) is -2.97. The molecule has 0 unspecified atom stereocenters. The molecule has 0 saturated carbocycles. The Morgan fingerprint density at radius 3 is 2.16 bits per heavy atom. The summed E-state index contributed by atoms with van der Waals surface area (Å²) >= 11 is 5.90. The van der Waals surface area contributed by atoms with Crippen LogP contribution in [0.3, 0.4) is 0 Å². The normalized spacial score (nSPS) is 13.8. The second kappa shape index (κ2) is 8.73. The Morgan fingerprint density at radius 1 is 1.10 bits per heavy atom. The number of ether oxygens (including phenoxy) is 1. The summed E-state index contributed by atoms with van der Waals surface area (Å²) in [5.41, 5.74) is -3.71. The minimum atomic E-state index is -5.24. The molecule has 0 fully saturated rings. The predicted molar refractivity (Wildman–Crippen MR) is 105 cm³/mol. The Morgan fingerprint density at radius 2 is 1.68 bits per heavy atom. The monoisotopic (exact) mass is 480 g/mol. The van der Waals surface area contributed by atoms with Gasteiger partial charge in [-0.2, -0.15) is 13.2 Å². The Labute approximate surface area is 180 Å². The number of benzene rings is 2. The van der Waals surface area contributed by atoms with Crippen molar-refractivity contribution in [2.75, 3.05) is 17.1 Å². The number of methoxy groups -OCH3 is 1. The number of hydrogen-bond donors (Lipinski definition) is 3. The molecule has 0 aliphatic rings. The maximum Gasteiger partial charge on any atom is 0.426 e. The minimum absolute atomic E-state index is 0.113. The standard InChI is InChI=1S/C18H16ClF3N2O6S/c1-17(27,18(20,21)22)16(26)23-14-8-7-12(9-13(14)19)31(28,29)24-11-5-3-10(4-6-11)15(25)30-2/h3-9,24,27H,1-2H3,(H,23,26)/t17-/m1/s1. The average Bonchev–Trinajstić information content (AvgIpc) is 2.68. The molecule has 3 N–H and O–H groups in total. The fourth-order valence-electron chi connectivity index (χ4n) is 2.14. The topological polar surface area (TPSA) is 122 Å². The summed E-state index contributed by atoms with van der Waals surface area (Å²) in [6.45, 7) is 0.268. The second-order valence-electron chi connectivity index (χ2n) is 6.34. The van der Waals surface area contributed by atoms with Crippen molar-refractivity contribution < 1.29 is 41.0 Å². The number of esters is 1. The van der Waals surface area contributed by atoms with Crippen molar-refractivity contribution in [2.24, 2.45) is 0 Å². The van der Waals surface area contributed by atoms with Gasteiger partial charge in [-0.15, -0.1) is 0 Å². The number of nitrogens with one attached hydrogen (secondary N) is 2. The van der Waals surface area contributed by atoms with Crippen molar-refractivity contribution >= 4 is 44.9 Å². The summed E-state index contributed by atoms with van der Waals surface area (Å²) in [6, 6.07) is 8.18. The van der Waals surface area contributed by atoms with Gasteiger partial charge in [-0.3, -0.25) is 9.52 Å². The largest absolute Gasteiger partial charge is 0.465 e. The van der Waals surface area contributed by atoms with Gasteiger partial charge in [-0.05, 0) is 49.4 Å². The number of sulfonamides is 1. The van der Waals surface area contributed by atoms with Crippen molar-refractivity contribution in [1.29, 1.82) is 0 Å². The van der Waals surface area contributed by atoms with Crippen LogP contribution in [-0.2, 0) is 19.6 Å². The van der Waals surface area contributed by atoms with Crippen LogP contribution < -0.4 is 10.0 Å². The molecule has 0 saturated heterocycles. The molecule has 0 radical (unpaired) electrons. The first-order valence-corrected chi connectivity index (χ1v) is 10.2. The van der Waals surface area contributed by atoms with E-state index < -0.39 is 33.7 Å². The van der Waals surface area contributed by atoms with Crippen LogP contribution in [0, 0.1) is 0 Å². The van der Waals surface area contributed by atoms with Crippen molar-refractivity contribution in [3.8, 4) is 0 Å². The zero-order chi connectivity index (χ0) is 23.6. The summed E-state index contributed by atoms with van der Waals surface area (Å²) in [6.07, 6.45) is -5.24. The van der Waals surface area contributed by atoms with Gasteiger partial charge < -0.3 is 15.2 Å².